The molecule has 3 heteroatoms. The molecule has 0 amide bonds. The average molecular weight is 354 g/mol. The molecular weight excluding hydrogens is 319 g/mol. The quantitative estimate of drug-likeness (QED) is 0.321. The highest BCUT2D eigenvalue weighted by Crippen LogP contribution is 2.28. The lowest BCUT2D eigenvalue weighted by Crippen LogP contribution is -2.16. The van der Waals surface area contributed by atoms with Gasteiger partial charge in [0.2, 0.25) is 0 Å². The summed E-state index contributed by atoms with van der Waals surface area (Å²) in [6.45, 7) is 16.9. The molecule has 0 aromatic heterocycles. The number of benzene rings is 1. The van der Waals surface area contributed by atoms with E-state index in [0.717, 1.165) is 48.9 Å². The molecule has 1 unspecified atom stereocenters. The summed E-state index contributed by atoms with van der Waals surface area (Å²) in [4.78, 5) is 0. The third-order valence-electron chi connectivity index (χ3n) is 4.66. The van der Waals surface area contributed by atoms with Gasteiger partial charge in [0.25, 0.3) is 0 Å². The third-order valence-corrected chi connectivity index (χ3v) is 4.66. The van der Waals surface area contributed by atoms with Gasteiger partial charge in [-0.15, -0.1) is 12.1 Å². The SMILES string of the molecule is C=C(B/C(C)=C\C)c1cc(OC(CCC)CCCC)cc(C(=C)OC)c1. The maximum atomic E-state index is 6.36. The number of hydrogen-bond acceptors (Lipinski definition) is 2. The summed E-state index contributed by atoms with van der Waals surface area (Å²) in [5.41, 5.74) is 4.42. The van der Waals surface area contributed by atoms with Gasteiger partial charge < -0.3 is 9.47 Å². The highest BCUT2D eigenvalue weighted by Gasteiger charge is 2.13. The normalized spacial score (nSPS) is 12.4. The zero-order valence-corrected chi connectivity index (χ0v) is 17.4. The molecule has 0 aliphatic heterocycles. The van der Waals surface area contributed by atoms with Crippen LogP contribution < -0.4 is 4.74 Å². The first-order chi connectivity index (χ1) is 12.4. The van der Waals surface area contributed by atoms with Crippen molar-refractivity contribution in [1.29, 1.82) is 0 Å². The first kappa shape index (κ1) is 22.1. The van der Waals surface area contributed by atoms with Gasteiger partial charge >= 0.3 is 0 Å². The fourth-order valence-electron chi connectivity index (χ4n) is 2.90. The van der Waals surface area contributed by atoms with E-state index >= 15 is 0 Å². The summed E-state index contributed by atoms with van der Waals surface area (Å²) in [5.74, 6) is 1.53. The van der Waals surface area contributed by atoms with Crippen LogP contribution in [0, 0.1) is 0 Å². The average Bonchev–Trinajstić information content (AvgIpc) is 2.65. The number of ether oxygens (including phenoxy) is 2. The number of hydrogen-bond donors (Lipinski definition) is 0. The van der Waals surface area contributed by atoms with Crippen LogP contribution in [0.4, 0.5) is 0 Å². The van der Waals surface area contributed by atoms with Crippen LogP contribution in [-0.2, 0) is 4.74 Å². The molecule has 0 fully saturated rings. The van der Waals surface area contributed by atoms with Gasteiger partial charge in [0.1, 0.15) is 11.5 Å². The molecule has 1 aromatic rings. The molecular formula is C23H35BO2. The van der Waals surface area contributed by atoms with Crippen molar-refractivity contribution in [2.75, 3.05) is 7.11 Å². The van der Waals surface area contributed by atoms with E-state index in [-0.39, 0.29) is 6.10 Å². The van der Waals surface area contributed by atoms with Crippen LogP contribution in [-0.4, -0.2) is 20.5 Å². The monoisotopic (exact) mass is 354 g/mol. The Kier molecular flexibility index (Phi) is 9.94. The second-order valence-electron chi connectivity index (χ2n) is 6.96. The Hall–Kier alpha value is -1.90. The molecule has 0 saturated carbocycles. The van der Waals surface area contributed by atoms with Crippen molar-refractivity contribution in [1.82, 2.24) is 0 Å². The van der Waals surface area contributed by atoms with E-state index in [1.54, 1.807) is 7.11 Å². The Morgan fingerprint density at radius 2 is 1.81 bits per heavy atom. The summed E-state index contributed by atoms with van der Waals surface area (Å²) < 4.78 is 11.7. The Balaban J connectivity index is 3.14. The van der Waals surface area contributed by atoms with Crippen LogP contribution in [0.15, 0.2) is 42.9 Å². The van der Waals surface area contributed by atoms with Gasteiger partial charge in [-0.2, -0.15) is 0 Å². The van der Waals surface area contributed by atoms with E-state index in [4.69, 9.17) is 9.47 Å². The lowest BCUT2D eigenvalue weighted by Gasteiger charge is -2.20. The Morgan fingerprint density at radius 1 is 1.12 bits per heavy atom. The van der Waals surface area contributed by atoms with E-state index in [1.807, 2.05) is 6.07 Å². The molecule has 142 valence electrons. The standard InChI is InChI=1S/C23H35BO2/c1-8-11-13-22(12-9-2)26-23-15-20(18(5)24-17(4)10-3)14-21(16-23)19(6)25-7/h10,14-16,22,24H,5-6,8-9,11-13H2,1-4,7H3/b17-10-. The van der Waals surface area contributed by atoms with Crippen LogP contribution in [0.5, 0.6) is 5.75 Å². The minimum atomic E-state index is 0.254. The maximum Gasteiger partial charge on any atom is 0.186 e. The maximum absolute atomic E-state index is 6.36. The van der Waals surface area contributed by atoms with E-state index < -0.39 is 0 Å². The van der Waals surface area contributed by atoms with E-state index in [2.05, 4.69) is 59.1 Å². The van der Waals surface area contributed by atoms with Gasteiger partial charge in [-0.1, -0.05) is 58.2 Å². The minimum absolute atomic E-state index is 0.254. The summed E-state index contributed by atoms with van der Waals surface area (Å²) in [7, 11) is 2.50. The molecule has 1 rings (SSSR count). The molecule has 1 atom stereocenters. The van der Waals surface area contributed by atoms with Crippen LogP contribution >= 0.6 is 0 Å². The van der Waals surface area contributed by atoms with Gasteiger partial charge in [0.15, 0.2) is 7.28 Å². The molecule has 2 nitrogen and oxygen atoms in total. The van der Waals surface area contributed by atoms with Crippen molar-refractivity contribution in [2.45, 2.75) is 65.9 Å². The highest BCUT2D eigenvalue weighted by molar-refractivity contribution is 6.67. The number of allylic oxidation sites excluding steroid dienone is 2. The van der Waals surface area contributed by atoms with Gasteiger partial charge in [0, 0.05) is 5.56 Å². The van der Waals surface area contributed by atoms with Crippen molar-refractivity contribution in [3.63, 3.8) is 0 Å². The Bertz CT molecular complexity index is 631. The molecule has 0 heterocycles. The smallest absolute Gasteiger partial charge is 0.186 e. The summed E-state index contributed by atoms with van der Waals surface area (Å²) in [6.07, 6.45) is 8.05. The predicted octanol–water partition coefficient (Wildman–Crippen LogP) is 6.37. The van der Waals surface area contributed by atoms with E-state index in [9.17, 15) is 0 Å². The Labute approximate surface area is 161 Å². The number of rotatable bonds is 12. The summed E-state index contributed by atoms with van der Waals surface area (Å²) in [6, 6.07) is 6.22. The van der Waals surface area contributed by atoms with E-state index in [0.29, 0.717) is 5.76 Å². The van der Waals surface area contributed by atoms with Gasteiger partial charge in [-0.05, 0) is 43.5 Å². The largest absolute Gasteiger partial charge is 0.497 e. The molecule has 0 bridgehead atoms. The lowest BCUT2D eigenvalue weighted by atomic mass is 9.61. The fourth-order valence-corrected chi connectivity index (χ4v) is 2.90. The van der Waals surface area contributed by atoms with Crippen LogP contribution in [0.1, 0.15) is 70.9 Å². The molecule has 0 radical (unpaired) electrons. The minimum Gasteiger partial charge on any atom is -0.497 e. The van der Waals surface area contributed by atoms with Crippen molar-refractivity contribution >= 4 is 18.5 Å². The van der Waals surface area contributed by atoms with Crippen LogP contribution in [0.25, 0.3) is 11.2 Å². The topological polar surface area (TPSA) is 18.5 Å². The second-order valence-corrected chi connectivity index (χ2v) is 6.96. The van der Waals surface area contributed by atoms with E-state index in [1.165, 1.54) is 18.3 Å². The first-order valence-corrected chi connectivity index (χ1v) is 9.80. The van der Waals surface area contributed by atoms with Crippen molar-refractivity contribution in [2.24, 2.45) is 0 Å². The van der Waals surface area contributed by atoms with Crippen LogP contribution in [0.2, 0.25) is 0 Å². The first-order valence-electron chi connectivity index (χ1n) is 9.80. The fraction of sp³-hybridized carbons (Fsp3) is 0.478. The lowest BCUT2D eigenvalue weighted by molar-refractivity contribution is 0.176. The second kappa shape index (κ2) is 11.7. The van der Waals surface area contributed by atoms with Gasteiger partial charge in [-0.3, -0.25) is 0 Å². The third kappa shape index (κ3) is 7.15. The molecule has 0 saturated heterocycles. The molecule has 0 spiro atoms. The number of unbranched alkanes of at least 4 members (excludes halogenated alkanes) is 1. The highest BCUT2D eigenvalue weighted by atomic mass is 16.5. The summed E-state index contributed by atoms with van der Waals surface area (Å²) in [5, 5.41) is 0. The molecule has 0 aliphatic rings. The number of methoxy groups -OCH3 is 1. The molecule has 1 aromatic carbocycles. The molecule has 0 aliphatic carbocycles. The van der Waals surface area contributed by atoms with Gasteiger partial charge in [0.05, 0.1) is 13.2 Å². The van der Waals surface area contributed by atoms with Crippen molar-refractivity contribution in [3.8, 4) is 5.75 Å². The zero-order chi connectivity index (χ0) is 19.5. The Morgan fingerprint density at radius 3 is 2.38 bits per heavy atom. The predicted molar refractivity (Wildman–Crippen MR) is 117 cm³/mol. The van der Waals surface area contributed by atoms with Crippen molar-refractivity contribution < 1.29 is 9.47 Å². The van der Waals surface area contributed by atoms with Crippen LogP contribution in [0.3, 0.4) is 0 Å². The zero-order valence-electron chi connectivity index (χ0n) is 17.4. The summed E-state index contributed by atoms with van der Waals surface area (Å²) >= 11 is 0. The molecule has 26 heavy (non-hydrogen) atoms. The van der Waals surface area contributed by atoms with Crippen molar-refractivity contribution in [3.05, 3.63) is 54.0 Å². The van der Waals surface area contributed by atoms with Gasteiger partial charge in [-0.25, -0.2) is 0 Å². The molecule has 0 N–H and O–H groups in total.